The van der Waals surface area contributed by atoms with Gasteiger partial charge in [-0.05, 0) is 55.5 Å². The van der Waals surface area contributed by atoms with Gasteiger partial charge in [0.1, 0.15) is 17.6 Å². The van der Waals surface area contributed by atoms with Crippen LogP contribution in [-0.4, -0.2) is 57.1 Å². The van der Waals surface area contributed by atoms with Gasteiger partial charge in [-0.25, -0.2) is 12.8 Å². The summed E-state index contributed by atoms with van der Waals surface area (Å²) in [5.41, 5.74) is 1.16. The quantitative estimate of drug-likeness (QED) is 0.405. The third-order valence-electron chi connectivity index (χ3n) is 6.85. The summed E-state index contributed by atoms with van der Waals surface area (Å²) in [5, 5.41) is 3.09. The normalized spacial score (nSPS) is 14.6. The average molecular weight is 548 g/mol. The molecule has 38 heavy (non-hydrogen) atoms. The van der Waals surface area contributed by atoms with Crippen molar-refractivity contribution in [2.24, 2.45) is 0 Å². The highest BCUT2D eigenvalue weighted by Crippen LogP contribution is 2.24. The summed E-state index contributed by atoms with van der Waals surface area (Å²) in [6.07, 6.45) is 5.85. The van der Waals surface area contributed by atoms with Gasteiger partial charge in [-0.15, -0.1) is 0 Å². The zero-order valence-corrected chi connectivity index (χ0v) is 23.2. The zero-order chi connectivity index (χ0) is 27.7. The second-order valence-corrected chi connectivity index (χ2v) is 11.6. The standard InChI is InChI=1S/C28H38FN3O5S/c1-4-26(28(34)30-23-9-5-6-10-23)31(20-21-14-16-22(29)17-15-21)27(33)13-8-18-32(38(3,35)36)24-11-7-12-25(19-24)37-2/h7,11-12,14-17,19,23,26H,4-6,8-10,13,18,20H2,1-3H3,(H,30,34)/t26-/m1/s1. The van der Waals surface area contributed by atoms with Crippen molar-refractivity contribution in [3.8, 4) is 5.75 Å². The van der Waals surface area contributed by atoms with E-state index >= 15 is 0 Å². The van der Waals surface area contributed by atoms with Crippen LogP contribution in [0.25, 0.3) is 0 Å². The molecule has 1 N–H and O–H groups in total. The lowest BCUT2D eigenvalue weighted by atomic mass is 10.1. The van der Waals surface area contributed by atoms with Gasteiger partial charge in [0.25, 0.3) is 0 Å². The molecule has 0 saturated heterocycles. The number of nitrogens with one attached hydrogen (secondary N) is 1. The Labute approximate surface area is 225 Å². The first-order valence-electron chi connectivity index (χ1n) is 13.1. The van der Waals surface area contributed by atoms with Gasteiger partial charge >= 0.3 is 0 Å². The minimum absolute atomic E-state index is 0.0460. The predicted octanol–water partition coefficient (Wildman–Crippen LogP) is 4.25. The summed E-state index contributed by atoms with van der Waals surface area (Å²) in [5.74, 6) is -0.307. The Bertz CT molecular complexity index is 1180. The maximum Gasteiger partial charge on any atom is 0.243 e. The minimum atomic E-state index is -3.61. The van der Waals surface area contributed by atoms with E-state index in [0.29, 0.717) is 23.4 Å². The first-order valence-corrected chi connectivity index (χ1v) is 14.9. The number of hydrogen-bond donors (Lipinski definition) is 1. The first-order chi connectivity index (χ1) is 18.1. The van der Waals surface area contributed by atoms with Gasteiger partial charge in [-0.1, -0.05) is 38.0 Å². The number of carbonyl (C=O) groups is 2. The minimum Gasteiger partial charge on any atom is -0.497 e. The van der Waals surface area contributed by atoms with Crippen molar-refractivity contribution in [3.63, 3.8) is 0 Å². The van der Waals surface area contributed by atoms with E-state index in [-0.39, 0.29) is 49.6 Å². The largest absolute Gasteiger partial charge is 0.497 e. The smallest absolute Gasteiger partial charge is 0.243 e. The number of ether oxygens (including phenoxy) is 1. The van der Waals surface area contributed by atoms with E-state index in [9.17, 15) is 22.4 Å². The molecule has 0 aromatic heterocycles. The van der Waals surface area contributed by atoms with Crippen LogP contribution < -0.4 is 14.4 Å². The molecule has 0 radical (unpaired) electrons. The van der Waals surface area contributed by atoms with Crippen molar-refractivity contribution in [2.75, 3.05) is 24.2 Å². The summed E-state index contributed by atoms with van der Waals surface area (Å²) in [4.78, 5) is 28.3. The predicted molar refractivity (Wildman–Crippen MR) is 146 cm³/mol. The van der Waals surface area contributed by atoms with Crippen LogP contribution in [0, 0.1) is 5.82 Å². The van der Waals surface area contributed by atoms with E-state index in [2.05, 4.69) is 5.32 Å². The second kappa shape index (κ2) is 13.6. The van der Waals surface area contributed by atoms with E-state index in [1.807, 2.05) is 6.92 Å². The average Bonchev–Trinajstić information content (AvgIpc) is 3.39. The molecular weight excluding hydrogens is 509 g/mol. The fourth-order valence-electron chi connectivity index (χ4n) is 4.84. The molecule has 0 unspecified atom stereocenters. The molecule has 1 saturated carbocycles. The number of benzene rings is 2. The van der Waals surface area contributed by atoms with Crippen LogP contribution in [0.1, 0.15) is 57.4 Å². The number of carbonyl (C=O) groups excluding carboxylic acids is 2. The van der Waals surface area contributed by atoms with Crippen LogP contribution >= 0.6 is 0 Å². The summed E-state index contributed by atoms with van der Waals surface area (Å²) in [6.45, 7) is 2.10. The van der Waals surface area contributed by atoms with Crippen LogP contribution in [0.15, 0.2) is 48.5 Å². The summed E-state index contributed by atoms with van der Waals surface area (Å²) in [6, 6.07) is 12.0. The van der Waals surface area contributed by atoms with E-state index in [4.69, 9.17) is 4.74 Å². The molecule has 10 heteroatoms. The number of hydrogen-bond acceptors (Lipinski definition) is 5. The third-order valence-corrected chi connectivity index (χ3v) is 8.04. The van der Waals surface area contributed by atoms with Crippen LogP contribution in [0.2, 0.25) is 0 Å². The number of nitrogens with zero attached hydrogens (tertiary/aromatic N) is 2. The van der Waals surface area contributed by atoms with Crippen LogP contribution in [0.4, 0.5) is 10.1 Å². The maximum atomic E-state index is 13.5. The Balaban J connectivity index is 1.75. The van der Waals surface area contributed by atoms with Gasteiger partial charge in [0.15, 0.2) is 0 Å². The SMILES string of the molecule is CC[C@H](C(=O)NC1CCCC1)N(Cc1ccc(F)cc1)C(=O)CCCN(c1cccc(OC)c1)S(C)(=O)=O. The molecule has 0 heterocycles. The number of halogens is 1. The highest BCUT2D eigenvalue weighted by Gasteiger charge is 2.30. The first kappa shape index (κ1) is 29.4. The fourth-order valence-corrected chi connectivity index (χ4v) is 5.80. The molecule has 2 amide bonds. The van der Waals surface area contributed by atoms with E-state index in [1.54, 1.807) is 36.4 Å². The molecule has 0 bridgehead atoms. The Morgan fingerprint density at radius 2 is 1.82 bits per heavy atom. The third kappa shape index (κ3) is 8.18. The molecule has 8 nitrogen and oxygen atoms in total. The molecule has 1 aliphatic rings. The van der Waals surface area contributed by atoms with E-state index < -0.39 is 16.1 Å². The lowest BCUT2D eigenvalue weighted by molar-refractivity contribution is -0.141. The van der Waals surface area contributed by atoms with Crippen molar-refractivity contribution in [1.29, 1.82) is 0 Å². The van der Waals surface area contributed by atoms with Crippen molar-refractivity contribution in [2.45, 2.75) is 70.5 Å². The Morgan fingerprint density at radius 1 is 1.13 bits per heavy atom. The zero-order valence-electron chi connectivity index (χ0n) is 22.4. The van der Waals surface area contributed by atoms with Crippen LogP contribution in [0.3, 0.4) is 0 Å². The van der Waals surface area contributed by atoms with Crippen molar-refractivity contribution in [1.82, 2.24) is 10.2 Å². The van der Waals surface area contributed by atoms with Crippen molar-refractivity contribution in [3.05, 3.63) is 59.9 Å². The van der Waals surface area contributed by atoms with E-state index in [0.717, 1.165) is 31.9 Å². The monoisotopic (exact) mass is 547 g/mol. The molecule has 2 aromatic carbocycles. The number of methoxy groups -OCH3 is 1. The molecule has 1 atom stereocenters. The number of amides is 2. The van der Waals surface area contributed by atoms with Crippen LogP contribution in [-0.2, 0) is 26.2 Å². The molecular formula is C28H38FN3O5S. The highest BCUT2D eigenvalue weighted by atomic mass is 32.2. The van der Waals surface area contributed by atoms with Crippen molar-refractivity contribution >= 4 is 27.5 Å². The van der Waals surface area contributed by atoms with Crippen LogP contribution in [0.5, 0.6) is 5.75 Å². The number of anilines is 1. The summed E-state index contributed by atoms with van der Waals surface area (Å²) in [7, 11) is -2.10. The lowest BCUT2D eigenvalue weighted by Gasteiger charge is -2.32. The Morgan fingerprint density at radius 3 is 2.42 bits per heavy atom. The lowest BCUT2D eigenvalue weighted by Crippen LogP contribution is -2.51. The van der Waals surface area contributed by atoms with Gasteiger partial charge in [-0.2, -0.15) is 0 Å². The molecule has 1 aliphatic carbocycles. The Hall–Kier alpha value is -3.14. The van der Waals surface area contributed by atoms with Gasteiger partial charge in [0.05, 0.1) is 19.1 Å². The van der Waals surface area contributed by atoms with E-state index in [1.165, 1.54) is 28.4 Å². The molecule has 0 aliphatic heterocycles. The summed E-state index contributed by atoms with van der Waals surface area (Å²) >= 11 is 0. The molecule has 2 aromatic rings. The van der Waals surface area contributed by atoms with Gasteiger partial charge in [-0.3, -0.25) is 13.9 Å². The number of rotatable bonds is 13. The molecule has 3 rings (SSSR count). The molecule has 1 fully saturated rings. The van der Waals surface area contributed by atoms with Crippen molar-refractivity contribution < 1.29 is 27.1 Å². The number of sulfonamides is 1. The Kier molecular flexibility index (Phi) is 10.5. The second-order valence-electron chi connectivity index (χ2n) is 9.70. The fraction of sp³-hybridized carbons (Fsp3) is 0.500. The topological polar surface area (TPSA) is 96.0 Å². The van der Waals surface area contributed by atoms with Gasteiger partial charge in [0, 0.05) is 31.6 Å². The van der Waals surface area contributed by atoms with Gasteiger partial charge in [0.2, 0.25) is 21.8 Å². The van der Waals surface area contributed by atoms with Gasteiger partial charge < -0.3 is 15.0 Å². The molecule has 0 spiro atoms. The molecule has 208 valence electrons. The maximum absolute atomic E-state index is 13.5. The highest BCUT2D eigenvalue weighted by molar-refractivity contribution is 7.92. The summed E-state index contributed by atoms with van der Waals surface area (Å²) < 4.78 is 45.0.